The van der Waals surface area contributed by atoms with Crippen LogP contribution in [0.1, 0.15) is 18.1 Å². The second kappa shape index (κ2) is 7.74. The van der Waals surface area contributed by atoms with E-state index in [4.69, 9.17) is 4.74 Å². The fraction of sp³-hybridized carbons (Fsp3) is 0.294. The molecule has 0 unspecified atom stereocenters. The molecule has 0 heterocycles. The fourth-order valence-electron chi connectivity index (χ4n) is 1.97. The highest BCUT2D eigenvalue weighted by Crippen LogP contribution is 2.20. The Morgan fingerprint density at radius 1 is 1.00 bits per heavy atom. The molecule has 0 atom stereocenters. The third kappa shape index (κ3) is 4.53. The molecule has 0 saturated carbocycles. The predicted molar refractivity (Wildman–Crippen MR) is 79.4 cm³/mol. The van der Waals surface area contributed by atoms with E-state index in [0.29, 0.717) is 0 Å². The van der Waals surface area contributed by atoms with Crippen molar-refractivity contribution in [2.75, 3.05) is 13.1 Å². The number of hydrogen-bond acceptors (Lipinski definition) is 2. The first-order valence-electron chi connectivity index (χ1n) is 7.06. The molecular formula is C17H19F2NO. The summed E-state index contributed by atoms with van der Waals surface area (Å²) in [6.45, 7) is 4.20. The number of halogens is 2. The molecule has 4 heteroatoms. The minimum Gasteiger partial charge on any atom is -0.486 e. The van der Waals surface area contributed by atoms with Crippen LogP contribution in [0.2, 0.25) is 0 Å². The summed E-state index contributed by atoms with van der Waals surface area (Å²) in [6, 6.07) is 11.9. The van der Waals surface area contributed by atoms with Crippen molar-refractivity contribution in [2.45, 2.75) is 20.0 Å². The molecule has 1 N–H and O–H groups in total. The zero-order valence-electron chi connectivity index (χ0n) is 12.0. The maximum absolute atomic E-state index is 13.4. The normalized spacial score (nSPS) is 10.6. The van der Waals surface area contributed by atoms with Crippen molar-refractivity contribution in [3.05, 3.63) is 65.2 Å². The second-order valence-corrected chi connectivity index (χ2v) is 4.76. The standard InChI is InChI=1S/C17H19F2NO/c1-2-20-11-10-13-6-8-14(9-7-13)12-21-16-5-3-4-15(18)17(16)19/h3-9,20H,2,10-12H2,1H3. The molecule has 0 spiro atoms. The van der Waals surface area contributed by atoms with Crippen LogP contribution in [0.4, 0.5) is 8.78 Å². The Hall–Kier alpha value is -1.94. The predicted octanol–water partition coefficient (Wildman–Crippen LogP) is 3.70. The van der Waals surface area contributed by atoms with Gasteiger partial charge in [-0.3, -0.25) is 0 Å². The van der Waals surface area contributed by atoms with Crippen LogP contribution in [-0.4, -0.2) is 13.1 Å². The molecule has 2 nitrogen and oxygen atoms in total. The Balaban J connectivity index is 1.90. The summed E-state index contributed by atoms with van der Waals surface area (Å²) in [7, 11) is 0. The molecule has 0 aromatic heterocycles. The quantitative estimate of drug-likeness (QED) is 0.785. The molecule has 0 aliphatic rings. The van der Waals surface area contributed by atoms with Gasteiger partial charge in [0.2, 0.25) is 5.82 Å². The summed E-state index contributed by atoms with van der Waals surface area (Å²) >= 11 is 0. The van der Waals surface area contributed by atoms with Crippen LogP contribution in [0.15, 0.2) is 42.5 Å². The molecule has 0 bridgehead atoms. The Kier molecular flexibility index (Phi) is 5.69. The van der Waals surface area contributed by atoms with Crippen LogP contribution in [0, 0.1) is 11.6 Å². The van der Waals surface area contributed by atoms with Crippen molar-refractivity contribution in [3.63, 3.8) is 0 Å². The lowest BCUT2D eigenvalue weighted by Gasteiger charge is -2.08. The van der Waals surface area contributed by atoms with E-state index in [1.165, 1.54) is 17.7 Å². The first-order valence-corrected chi connectivity index (χ1v) is 7.06. The van der Waals surface area contributed by atoms with Crippen LogP contribution in [0.5, 0.6) is 5.75 Å². The zero-order valence-corrected chi connectivity index (χ0v) is 12.0. The van der Waals surface area contributed by atoms with Gasteiger partial charge in [0.15, 0.2) is 11.6 Å². The molecule has 0 aliphatic carbocycles. The Labute approximate surface area is 123 Å². The summed E-state index contributed by atoms with van der Waals surface area (Å²) < 4.78 is 31.8. The summed E-state index contributed by atoms with van der Waals surface area (Å²) in [5.74, 6) is -1.91. The van der Waals surface area contributed by atoms with Gasteiger partial charge in [0.05, 0.1) is 0 Å². The van der Waals surface area contributed by atoms with E-state index in [-0.39, 0.29) is 12.4 Å². The first kappa shape index (κ1) is 15.4. The van der Waals surface area contributed by atoms with Crippen LogP contribution < -0.4 is 10.1 Å². The van der Waals surface area contributed by atoms with Gasteiger partial charge in [-0.25, -0.2) is 4.39 Å². The molecule has 2 rings (SSSR count). The summed E-state index contributed by atoms with van der Waals surface area (Å²) in [5, 5.41) is 3.27. The van der Waals surface area contributed by atoms with E-state index in [1.54, 1.807) is 0 Å². The van der Waals surface area contributed by atoms with Gasteiger partial charge >= 0.3 is 0 Å². The highest BCUT2D eigenvalue weighted by atomic mass is 19.2. The molecule has 0 amide bonds. The molecular weight excluding hydrogens is 272 g/mol. The number of likely N-dealkylation sites (N-methyl/N-ethyl adjacent to an activating group) is 1. The van der Waals surface area contributed by atoms with Crippen molar-refractivity contribution in [1.82, 2.24) is 5.32 Å². The first-order chi connectivity index (χ1) is 10.2. The monoisotopic (exact) mass is 291 g/mol. The van der Waals surface area contributed by atoms with E-state index >= 15 is 0 Å². The minimum absolute atomic E-state index is 0.0637. The van der Waals surface area contributed by atoms with Crippen molar-refractivity contribution >= 4 is 0 Å². The molecule has 0 radical (unpaired) electrons. The highest BCUT2D eigenvalue weighted by molar-refractivity contribution is 5.27. The lowest BCUT2D eigenvalue weighted by Crippen LogP contribution is -2.15. The third-order valence-corrected chi connectivity index (χ3v) is 3.17. The van der Waals surface area contributed by atoms with E-state index < -0.39 is 11.6 Å². The molecule has 112 valence electrons. The largest absolute Gasteiger partial charge is 0.486 e. The molecule has 2 aromatic rings. The Bertz CT molecular complexity index is 570. The van der Waals surface area contributed by atoms with Gasteiger partial charge in [-0.2, -0.15) is 4.39 Å². The average Bonchev–Trinajstić information content (AvgIpc) is 2.50. The zero-order chi connectivity index (χ0) is 15.1. The lowest BCUT2D eigenvalue weighted by molar-refractivity contribution is 0.284. The van der Waals surface area contributed by atoms with Crippen molar-refractivity contribution in [2.24, 2.45) is 0 Å². The maximum Gasteiger partial charge on any atom is 0.200 e. The van der Waals surface area contributed by atoms with Crippen molar-refractivity contribution in [3.8, 4) is 5.75 Å². The molecule has 0 aliphatic heterocycles. The smallest absolute Gasteiger partial charge is 0.200 e. The summed E-state index contributed by atoms with van der Waals surface area (Å²) in [6.07, 6.45) is 0.966. The number of ether oxygens (including phenoxy) is 1. The minimum atomic E-state index is -0.945. The van der Waals surface area contributed by atoms with Crippen LogP contribution in [0.25, 0.3) is 0 Å². The highest BCUT2D eigenvalue weighted by Gasteiger charge is 2.08. The van der Waals surface area contributed by atoms with Gasteiger partial charge in [-0.15, -0.1) is 0 Å². The molecule has 21 heavy (non-hydrogen) atoms. The van der Waals surface area contributed by atoms with Gasteiger partial charge in [0.25, 0.3) is 0 Å². The van der Waals surface area contributed by atoms with Crippen LogP contribution in [0.3, 0.4) is 0 Å². The third-order valence-electron chi connectivity index (χ3n) is 3.17. The fourth-order valence-corrected chi connectivity index (χ4v) is 1.97. The van der Waals surface area contributed by atoms with Crippen molar-refractivity contribution < 1.29 is 13.5 Å². The summed E-state index contributed by atoms with van der Waals surface area (Å²) in [5.41, 5.74) is 2.16. The lowest BCUT2D eigenvalue weighted by atomic mass is 10.1. The van der Waals surface area contributed by atoms with E-state index in [9.17, 15) is 8.78 Å². The van der Waals surface area contributed by atoms with E-state index in [1.807, 2.05) is 24.3 Å². The van der Waals surface area contributed by atoms with Gasteiger partial charge in [-0.05, 0) is 42.8 Å². The summed E-state index contributed by atoms with van der Waals surface area (Å²) in [4.78, 5) is 0. The number of rotatable bonds is 7. The molecule has 2 aromatic carbocycles. The SMILES string of the molecule is CCNCCc1ccc(COc2cccc(F)c2F)cc1. The van der Waals surface area contributed by atoms with Crippen LogP contribution >= 0.6 is 0 Å². The van der Waals surface area contributed by atoms with E-state index in [0.717, 1.165) is 31.1 Å². The van der Waals surface area contributed by atoms with Gasteiger partial charge in [-0.1, -0.05) is 37.3 Å². The maximum atomic E-state index is 13.4. The van der Waals surface area contributed by atoms with Crippen LogP contribution in [-0.2, 0) is 13.0 Å². The number of hydrogen-bond donors (Lipinski definition) is 1. The molecule has 0 fully saturated rings. The topological polar surface area (TPSA) is 21.3 Å². The van der Waals surface area contributed by atoms with Gasteiger partial charge in [0.1, 0.15) is 6.61 Å². The average molecular weight is 291 g/mol. The number of nitrogens with one attached hydrogen (secondary N) is 1. The Morgan fingerprint density at radius 2 is 1.71 bits per heavy atom. The van der Waals surface area contributed by atoms with Crippen molar-refractivity contribution in [1.29, 1.82) is 0 Å². The van der Waals surface area contributed by atoms with Gasteiger partial charge in [0, 0.05) is 0 Å². The Morgan fingerprint density at radius 3 is 2.43 bits per heavy atom. The number of benzene rings is 2. The second-order valence-electron chi connectivity index (χ2n) is 4.76. The van der Waals surface area contributed by atoms with E-state index in [2.05, 4.69) is 12.2 Å². The van der Waals surface area contributed by atoms with Gasteiger partial charge < -0.3 is 10.1 Å². The molecule has 0 saturated heterocycles.